The van der Waals surface area contributed by atoms with Crippen LogP contribution < -0.4 is 0 Å². The van der Waals surface area contributed by atoms with Crippen LogP contribution in [0.1, 0.15) is 39.4 Å². The largest absolute Gasteiger partial charge is 0.444 e. The molecule has 2 N–H and O–H groups in total. The van der Waals surface area contributed by atoms with Gasteiger partial charge in [0.1, 0.15) is 15.4 Å². The van der Waals surface area contributed by atoms with Gasteiger partial charge in [-0.05, 0) is 61.3 Å². The van der Waals surface area contributed by atoms with Gasteiger partial charge in [0, 0.05) is 6.54 Å². The number of ether oxygens (including phenoxy) is 1. The van der Waals surface area contributed by atoms with Crippen LogP contribution in [0.4, 0.5) is 4.79 Å². The van der Waals surface area contributed by atoms with E-state index in [2.05, 4.69) is 20.9 Å². The highest BCUT2D eigenvalue weighted by atomic mass is 79.9. The number of halogens is 2. The van der Waals surface area contributed by atoms with Crippen LogP contribution in [-0.4, -0.2) is 51.0 Å². The molecule has 1 aromatic rings. The fraction of sp³-hybridized carbons (Fsp3) is 0.600. The highest BCUT2D eigenvalue weighted by Crippen LogP contribution is 2.22. The molecule has 6 nitrogen and oxygen atoms in total. The van der Waals surface area contributed by atoms with Crippen molar-refractivity contribution >= 4 is 33.6 Å². The van der Waals surface area contributed by atoms with Crippen LogP contribution in [0.5, 0.6) is 0 Å². The maximum Gasteiger partial charge on any atom is 0.410 e. The summed E-state index contributed by atoms with van der Waals surface area (Å²) in [6.45, 7) is 6.83. The van der Waals surface area contributed by atoms with Crippen molar-refractivity contribution in [1.29, 1.82) is 0 Å². The molecule has 0 radical (unpaired) electrons. The number of carbonyl (C=O) groups is 1. The molecular weight excluding hydrogens is 388 g/mol. The van der Waals surface area contributed by atoms with Crippen molar-refractivity contribution in [1.82, 2.24) is 9.88 Å². The fourth-order valence-corrected chi connectivity index (χ4v) is 2.63. The first-order valence-corrected chi connectivity index (χ1v) is 8.32. The van der Waals surface area contributed by atoms with E-state index in [9.17, 15) is 15.0 Å². The molecule has 0 aliphatic heterocycles. The number of aromatic nitrogens is 1. The van der Waals surface area contributed by atoms with Crippen molar-refractivity contribution in [2.24, 2.45) is 0 Å². The molecule has 8 heteroatoms. The third-order valence-corrected chi connectivity index (χ3v) is 3.30. The molecule has 1 amide bonds. The molecule has 0 saturated heterocycles. The van der Waals surface area contributed by atoms with Gasteiger partial charge in [0.2, 0.25) is 0 Å². The smallest absolute Gasteiger partial charge is 0.410 e. The number of rotatable bonds is 5. The summed E-state index contributed by atoms with van der Waals surface area (Å²) in [6, 6.07) is 3.14. The van der Waals surface area contributed by atoms with Crippen LogP contribution >= 0.6 is 27.5 Å². The lowest BCUT2D eigenvalue weighted by Crippen LogP contribution is -2.42. The minimum absolute atomic E-state index is 0.0351. The zero-order chi connectivity index (χ0) is 17.8. The van der Waals surface area contributed by atoms with Crippen LogP contribution in [0.25, 0.3) is 0 Å². The Hall–Kier alpha value is -0.890. The van der Waals surface area contributed by atoms with Crippen molar-refractivity contribution in [3.05, 3.63) is 27.5 Å². The highest BCUT2D eigenvalue weighted by Gasteiger charge is 2.25. The van der Waals surface area contributed by atoms with E-state index < -0.39 is 23.9 Å². The van der Waals surface area contributed by atoms with Crippen molar-refractivity contribution in [3.8, 4) is 0 Å². The predicted octanol–water partition coefficient (Wildman–Crippen LogP) is 3.15. The second kappa shape index (κ2) is 8.28. The van der Waals surface area contributed by atoms with Gasteiger partial charge in [-0.1, -0.05) is 11.6 Å². The monoisotopic (exact) mass is 408 g/mol. The predicted molar refractivity (Wildman–Crippen MR) is 91.4 cm³/mol. The van der Waals surface area contributed by atoms with Gasteiger partial charge in [-0.15, -0.1) is 0 Å². The zero-order valence-corrected chi connectivity index (χ0v) is 15.9. The van der Waals surface area contributed by atoms with Gasteiger partial charge in [-0.25, -0.2) is 9.78 Å². The Kier molecular flexibility index (Phi) is 7.26. The number of hydrogen-bond donors (Lipinski definition) is 2. The van der Waals surface area contributed by atoms with Crippen molar-refractivity contribution in [2.75, 3.05) is 13.1 Å². The number of amides is 1. The normalized spacial score (nSPS) is 14.3. The van der Waals surface area contributed by atoms with Crippen LogP contribution in [0.3, 0.4) is 0 Å². The zero-order valence-electron chi connectivity index (χ0n) is 13.6. The number of aliphatic hydroxyl groups is 2. The Bertz CT molecular complexity index is 529. The molecule has 0 bridgehead atoms. The van der Waals surface area contributed by atoms with Crippen molar-refractivity contribution in [2.45, 2.75) is 45.5 Å². The van der Waals surface area contributed by atoms with Crippen LogP contribution in [0, 0.1) is 0 Å². The molecule has 0 fully saturated rings. The Morgan fingerprint density at radius 3 is 2.48 bits per heavy atom. The van der Waals surface area contributed by atoms with E-state index >= 15 is 0 Å². The number of pyridine rings is 1. The molecule has 130 valence electrons. The van der Waals surface area contributed by atoms with E-state index in [0.29, 0.717) is 10.2 Å². The molecule has 2 atom stereocenters. The van der Waals surface area contributed by atoms with E-state index in [-0.39, 0.29) is 18.2 Å². The van der Waals surface area contributed by atoms with Gasteiger partial charge in [0.05, 0.1) is 18.8 Å². The molecule has 1 rings (SSSR count). The Balaban J connectivity index is 2.89. The summed E-state index contributed by atoms with van der Waals surface area (Å²) in [5, 5.41) is 20.2. The van der Waals surface area contributed by atoms with Crippen molar-refractivity contribution < 1.29 is 19.7 Å². The number of aliphatic hydroxyl groups excluding tert-OH is 2. The van der Waals surface area contributed by atoms with Crippen LogP contribution in [-0.2, 0) is 4.74 Å². The SMILES string of the molecule is C[C@H](O)CN(CC(O)c1cc(Cl)nc(Br)c1)C(=O)OC(C)(C)C. The fourth-order valence-electron chi connectivity index (χ4n) is 1.86. The molecule has 23 heavy (non-hydrogen) atoms. The number of hydrogen-bond acceptors (Lipinski definition) is 5. The van der Waals surface area contributed by atoms with Crippen LogP contribution in [0.15, 0.2) is 16.7 Å². The van der Waals surface area contributed by atoms with Gasteiger partial charge >= 0.3 is 6.09 Å². The Morgan fingerprint density at radius 2 is 2.00 bits per heavy atom. The van der Waals surface area contributed by atoms with Crippen molar-refractivity contribution in [3.63, 3.8) is 0 Å². The standard InChI is InChI=1S/C15H22BrClN2O4/c1-9(20)7-19(14(22)23-15(2,3)4)8-11(21)10-5-12(16)18-13(17)6-10/h5-6,9,11,20-21H,7-8H2,1-4H3/t9-,11?/m0/s1. The minimum atomic E-state index is -0.988. The average Bonchev–Trinajstić information content (AvgIpc) is 2.33. The first kappa shape index (κ1) is 20.2. The number of nitrogens with zero attached hydrogens (tertiary/aromatic N) is 2. The molecule has 0 aromatic carbocycles. The maximum atomic E-state index is 12.2. The molecular formula is C15H22BrClN2O4. The van der Waals surface area contributed by atoms with Crippen LogP contribution in [0.2, 0.25) is 5.15 Å². The third kappa shape index (κ3) is 7.48. The van der Waals surface area contributed by atoms with E-state index in [1.807, 2.05) is 0 Å². The molecule has 1 heterocycles. The lowest BCUT2D eigenvalue weighted by Gasteiger charge is -2.29. The summed E-state index contributed by atoms with van der Waals surface area (Å²) < 4.78 is 5.79. The average molecular weight is 410 g/mol. The Labute approximate surface area is 149 Å². The van der Waals surface area contributed by atoms with Gasteiger partial charge < -0.3 is 19.8 Å². The van der Waals surface area contributed by atoms with Gasteiger partial charge in [-0.2, -0.15) is 0 Å². The second-order valence-corrected chi connectivity index (χ2v) is 7.50. The summed E-state index contributed by atoms with van der Waals surface area (Å²) in [5.74, 6) is 0. The first-order valence-electron chi connectivity index (χ1n) is 7.15. The van der Waals surface area contributed by atoms with Gasteiger partial charge in [0.25, 0.3) is 0 Å². The summed E-state index contributed by atoms with van der Waals surface area (Å²) in [7, 11) is 0. The third-order valence-electron chi connectivity index (χ3n) is 2.70. The van der Waals surface area contributed by atoms with E-state index in [1.165, 1.54) is 11.0 Å². The minimum Gasteiger partial charge on any atom is -0.444 e. The molecule has 0 spiro atoms. The van der Waals surface area contributed by atoms with Gasteiger partial charge in [0.15, 0.2) is 0 Å². The highest BCUT2D eigenvalue weighted by molar-refractivity contribution is 9.10. The lowest BCUT2D eigenvalue weighted by molar-refractivity contribution is 0.00458. The molecule has 1 unspecified atom stereocenters. The quantitative estimate of drug-likeness (QED) is 0.730. The molecule has 1 aromatic heterocycles. The lowest BCUT2D eigenvalue weighted by atomic mass is 10.1. The molecule has 0 aliphatic carbocycles. The first-order chi connectivity index (χ1) is 10.5. The summed E-state index contributed by atoms with van der Waals surface area (Å²) in [6.07, 6.45) is -2.34. The summed E-state index contributed by atoms with van der Waals surface area (Å²) in [5.41, 5.74) is -0.154. The summed E-state index contributed by atoms with van der Waals surface area (Å²) >= 11 is 9.07. The van der Waals surface area contributed by atoms with E-state index in [1.54, 1.807) is 33.8 Å². The van der Waals surface area contributed by atoms with Gasteiger partial charge in [-0.3, -0.25) is 0 Å². The van der Waals surface area contributed by atoms with E-state index in [4.69, 9.17) is 16.3 Å². The second-order valence-electron chi connectivity index (χ2n) is 6.30. The molecule has 0 saturated carbocycles. The Morgan fingerprint density at radius 1 is 1.39 bits per heavy atom. The molecule has 0 aliphatic rings. The van der Waals surface area contributed by atoms with E-state index in [0.717, 1.165) is 0 Å². The summed E-state index contributed by atoms with van der Waals surface area (Å²) in [4.78, 5) is 17.4. The topological polar surface area (TPSA) is 82.9 Å². The number of carbonyl (C=O) groups excluding carboxylic acids is 1. The maximum absolute atomic E-state index is 12.2.